The second kappa shape index (κ2) is 4.25. The molecule has 2 aromatic rings. The van der Waals surface area contributed by atoms with Crippen LogP contribution in [0.3, 0.4) is 0 Å². The Kier molecular flexibility index (Phi) is 3.00. The highest BCUT2D eigenvalue weighted by Gasteiger charge is 2.38. The Morgan fingerprint density at radius 2 is 2.00 bits per heavy atom. The molecule has 0 unspecified atom stereocenters. The fourth-order valence-corrected chi connectivity index (χ4v) is 1.95. The lowest BCUT2D eigenvalue weighted by Gasteiger charge is -2.14. The number of carboxylic acid groups (broad SMARTS) is 1. The number of aromatic carboxylic acids is 1. The number of imidazole rings is 1. The molecule has 0 saturated heterocycles. The molecule has 0 saturated carbocycles. The zero-order chi connectivity index (χ0) is 14.4. The molecule has 102 valence electrons. The zero-order valence-corrected chi connectivity index (χ0v) is 10.2. The van der Waals surface area contributed by atoms with E-state index >= 15 is 0 Å². The van der Waals surface area contributed by atoms with E-state index in [0.29, 0.717) is 0 Å². The number of carbonyl (C=O) groups is 1. The summed E-state index contributed by atoms with van der Waals surface area (Å²) in [6, 6.07) is 3.33. The molecule has 0 atom stereocenters. The number of hydrogen-bond acceptors (Lipinski definition) is 2. The van der Waals surface area contributed by atoms with Crippen molar-refractivity contribution in [1.82, 2.24) is 9.55 Å². The Labute approximate surface area is 106 Å². The summed E-state index contributed by atoms with van der Waals surface area (Å²) in [5.74, 6) is -2.21. The van der Waals surface area contributed by atoms with Crippen LogP contribution in [-0.4, -0.2) is 20.6 Å². The summed E-state index contributed by atoms with van der Waals surface area (Å²) < 4.78 is 39.8. The molecule has 4 nitrogen and oxygen atoms in total. The molecule has 1 N–H and O–H groups in total. The van der Waals surface area contributed by atoms with E-state index in [4.69, 9.17) is 5.11 Å². The van der Waals surface area contributed by atoms with E-state index < -0.39 is 24.0 Å². The molecule has 2 rings (SSSR count). The van der Waals surface area contributed by atoms with E-state index in [0.717, 1.165) is 10.6 Å². The Hall–Kier alpha value is -2.05. The van der Waals surface area contributed by atoms with Crippen molar-refractivity contribution in [3.63, 3.8) is 0 Å². The van der Waals surface area contributed by atoms with Gasteiger partial charge in [-0.25, -0.2) is 9.78 Å². The van der Waals surface area contributed by atoms with Crippen LogP contribution in [0.1, 0.15) is 36.1 Å². The van der Waals surface area contributed by atoms with Crippen LogP contribution in [0.4, 0.5) is 13.2 Å². The highest BCUT2D eigenvalue weighted by Crippen LogP contribution is 2.33. The minimum absolute atomic E-state index is 0.0286. The maximum Gasteiger partial charge on any atom is 0.449 e. The molecule has 0 amide bonds. The molecule has 1 aromatic carbocycles. The maximum absolute atomic E-state index is 12.9. The molecule has 0 fully saturated rings. The number of fused-ring (bicyclic) bond motifs is 1. The standard InChI is InChI=1S/C12H11F3N2O2/c1-6(2)17-9-4-3-7(10(18)19)5-8(9)16-11(17)12(13,14)15/h3-6H,1-2H3,(H,18,19). The first-order valence-corrected chi connectivity index (χ1v) is 5.54. The number of carboxylic acids is 1. The van der Waals surface area contributed by atoms with Gasteiger partial charge in [-0.05, 0) is 32.0 Å². The number of aromatic nitrogens is 2. The molecule has 0 bridgehead atoms. The summed E-state index contributed by atoms with van der Waals surface area (Å²) in [5, 5.41) is 8.83. The van der Waals surface area contributed by atoms with Crippen molar-refractivity contribution in [2.75, 3.05) is 0 Å². The summed E-state index contributed by atoms with van der Waals surface area (Å²) in [7, 11) is 0. The smallest absolute Gasteiger partial charge is 0.449 e. The molecule has 0 aliphatic rings. The number of rotatable bonds is 2. The minimum Gasteiger partial charge on any atom is -0.478 e. The van der Waals surface area contributed by atoms with Crippen LogP contribution in [-0.2, 0) is 6.18 Å². The van der Waals surface area contributed by atoms with Gasteiger partial charge in [0.2, 0.25) is 5.82 Å². The summed E-state index contributed by atoms with van der Waals surface area (Å²) in [4.78, 5) is 14.3. The average molecular weight is 272 g/mol. The van der Waals surface area contributed by atoms with Crippen LogP contribution < -0.4 is 0 Å². The number of hydrogen-bond donors (Lipinski definition) is 1. The van der Waals surface area contributed by atoms with Crippen LogP contribution >= 0.6 is 0 Å². The molecule has 1 heterocycles. The van der Waals surface area contributed by atoms with Crippen molar-refractivity contribution < 1.29 is 23.1 Å². The van der Waals surface area contributed by atoms with Crippen molar-refractivity contribution in [3.05, 3.63) is 29.6 Å². The summed E-state index contributed by atoms with van der Waals surface area (Å²) in [6.45, 7) is 3.23. The summed E-state index contributed by atoms with van der Waals surface area (Å²) >= 11 is 0. The van der Waals surface area contributed by atoms with E-state index in [1.165, 1.54) is 12.1 Å². The monoisotopic (exact) mass is 272 g/mol. The quantitative estimate of drug-likeness (QED) is 0.912. The molecule has 0 spiro atoms. The lowest BCUT2D eigenvalue weighted by molar-refractivity contribution is -0.147. The van der Waals surface area contributed by atoms with Gasteiger partial charge in [0.1, 0.15) is 0 Å². The largest absolute Gasteiger partial charge is 0.478 e. The molecule has 19 heavy (non-hydrogen) atoms. The first-order valence-electron chi connectivity index (χ1n) is 5.54. The Balaban J connectivity index is 2.77. The van der Waals surface area contributed by atoms with Crippen LogP contribution in [0.5, 0.6) is 0 Å². The van der Waals surface area contributed by atoms with Gasteiger partial charge < -0.3 is 9.67 Å². The zero-order valence-electron chi connectivity index (χ0n) is 10.2. The van der Waals surface area contributed by atoms with Gasteiger partial charge >= 0.3 is 12.1 Å². The second-order valence-electron chi connectivity index (χ2n) is 4.41. The van der Waals surface area contributed by atoms with Gasteiger partial charge in [0, 0.05) is 6.04 Å². The minimum atomic E-state index is -4.58. The van der Waals surface area contributed by atoms with Gasteiger partial charge in [0.05, 0.1) is 16.6 Å². The first-order chi connectivity index (χ1) is 8.71. The predicted molar refractivity (Wildman–Crippen MR) is 62.1 cm³/mol. The third-order valence-electron chi connectivity index (χ3n) is 2.71. The van der Waals surface area contributed by atoms with Gasteiger partial charge in [-0.3, -0.25) is 0 Å². The predicted octanol–water partition coefficient (Wildman–Crippen LogP) is 3.33. The highest BCUT2D eigenvalue weighted by molar-refractivity contribution is 5.92. The van der Waals surface area contributed by atoms with Crippen molar-refractivity contribution >= 4 is 17.0 Å². The topological polar surface area (TPSA) is 55.1 Å². The van der Waals surface area contributed by atoms with Crippen molar-refractivity contribution in [2.45, 2.75) is 26.1 Å². The van der Waals surface area contributed by atoms with Crippen molar-refractivity contribution in [1.29, 1.82) is 0 Å². The van der Waals surface area contributed by atoms with E-state index in [1.54, 1.807) is 13.8 Å². The van der Waals surface area contributed by atoms with Crippen LogP contribution in [0.2, 0.25) is 0 Å². The second-order valence-corrected chi connectivity index (χ2v) is 4.41. The first kappa shape index (κ1) is 13.4. The van der Waals surface area contributed by atoms with Gasteiger partial charge in [-0.1, -0.05) is 0 Å². The Morgan fingerprint density at radius 3 is 2.47 bits per heavy atom. The van der Waals surface area contributed by atoms with E-state index in [-0.39, 0.29) is 16.6 Å². The molecule has 0 aliphatic carbocycles. The van der Waals surface area contributed by atoms with Gasteiger partial charge in [0.15, 0.2) is 0 Å². The maximum atomic E-state index is 12.9. The SMILES string of the molecule is CC(C)n1c(C(F)(F)F)nc2cc(C(=O)O)ccc21. The van der Waals surface area contributed by atoms with Gasteiger partial charge in [0.25, 0.3) is 0 Å². The third kappa shape index (κ3) is 2.27. The summed E-state index contributed by atoms with van der Waals surface area (Å²) in [6.07, 6.45) is -4.58. The fraction of sp³-hybridized carbons (Fsp3) is 0.333. The van der Waals surface area contributed by atoms with Crippen LogP contribution in [0, 0.1) is 0 Å². The fourth-order valence-electron chi connectivity index (χ4n) is 1.95. The number of alkyl halides is 3. The van der Waals surface area contributed by atoms with Gasteiger partial charge in [-0.2, -0.15) is 13.2 Å². The lowest BCUT2D eigenvalue weighted by Crippen LogP contribution is -2.16. The molecule has 0 radical (unpaired) electrons. The van der Waals surface area contributed by atoms with Crippen LogP contribution in [0.15, 0.2) is 18.2 Å². The lowest BCUT2D eigenvalue weighted by atomic mass is 10.2. The van der Waals surface area contributed by atoms with Crippen molar-refractivity contribution in [3.8, 4) is 0 Å². The van der Waals surface area contributed by atoms with E-state index in [1.807, 2.05) is 0 Å². The van der Waals surface area contributed by atoms with E-state index in [9.17, 15) is 18.0 Å². The van der Waals surface area contributed by atoms with Gasteiger partial charge in [-0.15, -0.1) is 0 Å². The average Bonchev–Trinajstić information content (AvgIpc) is 2.66. The van der Waals surface area contributed by atoms with E-state index in [2.05, 4.69) is 4.98 Å². The molecular weight excluding hydrogens is 261 g/mol. The molecule has 7 heteroatoms. The highest BCUT2D eigenvalue weighted by atomic mass is 19.4. The third-order valence-corrected chi connectivity index (χ3v) is 2.71. The van der Waals surface area contributed by atoms with Crippen molar-refractivity contribution in [2.24, 2.45) is 0 Å². The molecule has 1 aromatic heterocycles. The normalized spacial score (nSPS) is 12.3. The number of benzene rings is 1. The molecular formula is C12H11F3N2O2. The molecule has 0 aliphatic heterocycles. The Bertz CT molecular complexity index is 644. The van der Waals surface area contributed by atoms with Crippen LogP contribution in [0.25, 0.3) is 11.0 Å². The summed E-state index contributed by atoms with van der Waals surface area (Å²) in [5.41, 5.74) is 0.211. The number of halogens is 3. The Morgan fingerprint density at radius 1 is 1.37 bits per heavy atom. The number of nitrogens with zero attached hydrogens (tertiary/aromatic N) is 2.